The number of anilines is 1. The Labute approximate surface area is 125 Å². The predicted molar refractivity (Wildman–Crippen MR) is 82.3 cm³/mol. The lowest BCUT2D eigenvalue weighted by Crippen LogP contribution is -2.34. The van der Waals surface area contributed by atoms with Crippen LogP contribution in [-0.4, -0.2) is 24.9 Å². The van der Waals surface area contributed by atoms with Crippen LogP contribution in [0.15, 0.2) is 18.2 Å². The van der Waals surface area contributed by atoms with E-state index in [-0.39, 0.29) is 11.8 Å². The minimum absolute atomic E-state index is 0.113. The van der Waals surface area contributed by atoms with Gasteiger partial charge in [-0.3, -0.25) is 9.59 Å². The standard InChI is InChI=1S/C17H22N2O2/c1-19-15-8-6-12(10-13(15)7-9-17(19)21)11-16(20)18-14-4-2-3-5-14/h6,8,10,14H,2-5,7,9,11H2,1H3,(H,18,20). The van der Waals surface area contributed by atoms with Gasteiger partial charge in [-0.05, 0) is 36.5 Å². The van der Waals surface area contributed by atoms with Gasteiger partial charge in [0.15, 0.2) is 0 Å². The molecule has 21 heavy (non-hydrogen) atoms. The Morgan fingerprint density at radius 1 is 1.29 bits per heavy atom. The van der Waals surface area contributed by atoms with Gasteiger partial charge >= 0.3 is 0 Å². The minimum atomic E-state index is 0.113. The van der Waals surface area contributed by atoms with E-state index in [2.05, 4.69) is 11.4 Å². The summed E-state index contributed by atoms with van der Waals surface area (Å²) >= 11 is 0. The quantitative estimate of drug-likeness (QED) is 0.926. The Kier molecular flexibility index (Phi) is 3.95. The monoisotopic (exact) mass is 286 g/mol. The average Bonchev–Trinajstić information content (AvgIpc) is 2.96. The number of rotatable bonds is 3. The lowest BCUT2D eigenvalue weighted by atomic mass is 9.98. The molecule has 0 spiro atoms. The zero-order valence-electron chi connectivity index (χ0n) is 12.5. The molecule has 0 atom stereocenters. The molecule has 1 aliphatic heterocycles. The molecule has 0 aromatic heterocycles. The number of hydrogen-bond acceptors (Lipinski definition) is 2. The van der Waals surface area contributed by atoms with Gasteiger partial charge in [0.05, 0.1) is 6.42 Å². The Hall–Kier alpha value is -1.84. The van der Waals surface area contributed by atoms with Crippen LogP contribution in [0.2, 0.25) is 0 Å². The van der Waals surface area contributed by atoms with Gasteiger partial charge in [-0.25, -0.2) is 0 Å². The number of hydrogen-bond donors (Lipinski definition) is 1. The number of nitrogens with one attached hydrogen (secondary N) is 1. The third-order valence-corrected chi connectivity index (χ3v) is 4.57. The Morgan fingerprint density at radius 2 is 2.05 bits per heavy atom. The molecule has 1 fully saturated rings. The number of aryl methyl sites for hydroxylation is 1. The molecule has 112 valence electrons. The number of carbonyl (C=O) groups is 2. The largest absolute Gasteiger partial charge is 0.353 e. The molecule has 3 rings (SSSR count). The minimum Gasteiger partial charge on any atom is -0.353 e. The van der Waals surface area contributed by atoms with Crippen molar-refractivity contribution < 1.29 is 9.59 Å². The van der Waals surface area contributed by atoms with Crippen LogP contribution in [0.3, 0.4) is 0 Å². The summed E-state index contributed by atoms with van der Waals surface area (Å²) in [6.07, 6.45) is 6.44. The first kappa shape index (κ1) is 14.1. The molecule has 0 bridgehead atoms. The van der Waals surface area contributed by atoms with E-state index in [0.717, 1.165) is 30.5 Å². The van der Waals surface area contributed by atoms with Crippen LogP contribution in [-0.2, 0) is 22.4 Å². The smallest absolute Gasteiger partial charge is 0.227 e. The molecule has 2 aliphatic rings. The van der Waals surface area contributed by atoms with Crippen molar-refractivity contribution >= 4 is 17.5 Å². The van der Waals surface area contributed by atoms with Gasteiger partial charge in [0.1, 0.15) is 0 Å². The zero-order chi connectivity index (χ0) is 14.8. The van der Waals surface area contributed by atoms with Crippen molar-refractivity contribution in [3.8, 4) is 0 Å². The second kappa shape index (κ2) is 5.88. The fourth-order valence-electron chi connectivity index (χ4n) is 3.35. The third kappa shape index (κ3) is 3.09. The molecule has 1 aromatic rings. The highest BCUT2D eigenvalue weighted by Crippen LogP contribution is 2.27. The van der Waals surface area contributed by atoms with Gasteiger partial charge in [0.2, 0.25) is 11.8 Å². The van der Waals surface area contributed by atoms with Crippen LogP contribution in [0.5, 0.6) is 0 Å². The van der Waals surface area contributed by atoms with E-state index in [1.165, 1.54) is 18.4 Å². The second-order valence-corrected chi connectivity index (χ2v) is 6.14. The molecule has 2 amide bonds. The molecule has 0 unspecified atom stereocenters. The SMILES string of the molecule is CN1C(=O)CCc2cc(CC(=O)NC3CCCC3)ccc21. The molecular formula is C17H22N2O2. The van der Waals surface area contributed by atoms with Gasteiger partial charge in [-0.1, -0.05) is 25.0 Å². The van der Waals surface area contributed by atoms with Gasteiger partial charge in [-0.15, -0.1) is 0 Å². The maximum atomic E-state index is 12.1. The number of carbonyl (C=O) groups excluding carboxylic acids is 2. The molecule has 1 heterocycles. The normalized spacial score (nSPS) is 18.7. The van der Waals surface area contributed by atoms with E-state index in [1.807, 2.05) is 19.2 Å². The van der Waals surface area contributed by atoms with Crippen LogP contribution in [0.4, 0.5) is 5.69 Å². The Bertz CT molecular complexity index is 562. The van der Waals surface area contributed by atoms with Crippen molar-refractivity contribution in [2.75, 3.05) is 11.9 Å². The highest BCUT2D eigenvalue weighted by atomic mass is 16.2. The molecule has 4 heteroatoms. The van der Waals surface area contributed by atoms with Crippen LogP contribution in [0.1, 0.15) is 43.2 Å². The van der Waals surface area contributed by atoms with Crippen molar-refractivity contribution in [2.24, 2.45) is 0 Å². The highest BCUT2D eigenvalue weighted by Gasteiger charge is 2.21. The molecular weight excluding hydrogens is 264 g/mol. The fraction of sp³-hybridized carbons (Fsp3) is 0.529. The summed E-state index contributed by atoms with van der Waals surface area (Å²) in [5, 5.41) is 3.12. The van der Waals surface area contributed by atoms with Gasteiger partial charge in [0, 0.05) is 25.2 Å². The zero-order valence-corrected chi connectivity index (χ0v) is 12.5. The molecule has 1 aromatic carbocycles. The number of nitrogens with zero attached hydrogens (tertiary/aromatic N) is 1. The summed E-state index contributed by atoms with van der Waals surface area (Å²) < 4.78 is 0. The van der Waals surface area contributed by atoms with Crippen molar-refractivity contribution in [3.63, 3.8) is 0 Å². The second-order valence-electron chi connectivity index (χ2n) is 6.14. The predicted octanol–water partition coefficient (Wildman–Crippen LogP) is 2.20. The molecule has 1 N–H and O–H groups in total. The Balaban J connectivity index is 1.66. The lowest BCUT2D eigenvalue weighted by molar-refractivity contribution is -0.121. The van der Waals surface area contributed by atoms with E-state index < -0.39 is 0 Å². The third-order valence-electron chi connectivity index (χ3n) is 4.57. The van der Waals surface area contributed by atoms with Crippen molar-refractivity contribution in [3.05, 3.63) is 29.3 Å². The van der Waals surface area contributed by atoms with E-state index in [0.29, 0.717) is 18.9 Å². The van der Waals surface area contributed by atoms with Crippen molar-refractivity contribution in [1.29, 1.82) is 0 Å². The van der Waals surface area contributed by atoms with Crippen LogP contribution >= 0.6 is 0 Å². The van der Waals surface area contributed by atoms with Gasteiger partial charge < -0.3 is 10.2 Å². The van der Waals surface area contributed by atoms with Crippen LogP contribution in [0, 0.1) is 0 Å². The van der Waals surface area contributed by atoms with E-state index >= 15 is 0 Å². The lowest BCUT2D eigenvalue weighted by Gasteiger charge is -2.26. The van der Waals surface area contributed by atoms with E-state index in [4.69, 9.17) is 0 Å². The first-order valence-electron chi connectivity index (χ1n) is 7.81. The molecule has 0 saturated heterocycles. The maximum Gasteiger partial charge on any atom is 0.227 e. The first-order valence-corrected chi connectivity index (χ1v) is 7.81. The summed E-state index contributed by atoms with van der Waals surface area (Å²) in [4.78, 5) is 25.5. The fourth-order valence-corrected chi connectivity index (χ4v) is 3.35. The molecule has 0 radical (unpaired) electrons. The number of benzene rings is 1. The van der Waals surface area contributed by atoms with E-state index in [9.17, 15) is 9.59 Å². The van der Waals surface area contributed by atoms with Crippen LogP contribution in [0.25, 0.3) is 0 Å². The summed E-state index contributed by atoms with van der Waals surface area (Å²) in [6, 6.07) is 6.37. The topological polar surface area (TPSA) is 49.4 Å². The summed E-state index contributed by atoms with van der Waals surface area (Å²) in [5.74, 6) is 0.274. The van der Waals surface area contributed by atoms with Gasteiger partial charge in [0.25, 0.3) is 0 Å². The molecule has 1 saturated carbocycles. The number of amides is 2. The average molecular weight is 286 g/mol. The number of fused-ring (bicyclic) bond motifs is 1. The van der Waals surface area contributed by atoms with Crippen LogP contribution < -0.4 is 10.2 Å². The molecule has 1 aliphatic carbocycles. The van der Waals surface area contributed by atoms with Gasteiger partial charge in [-0.2, -0.15) is 0 Å². The maximum absolute atomic E-state index is 12.1. The molecule has 4 nitrogen and oxygen atoms in total. The summed E-state index contributed by atoms with van der Waals surface area (Å²) in [7, 11) is 1.81. The Morgan fingerprint density at radius 3 is 2.81 bits per heavy atom. The van der Waals surface area contributed by atoms with Crippen molar-refractivity contribution in [1.82, 2.24) is 5.32 Å². The first-order chi connectivity index (χ1) is 10.1. The van der Waals surface area contributed by atoms with E-state index in [1.54, 1.807) is 4.90 Å². The highest BCUT2D eigenvalue weighted by molar-refractivity contribution is 5.96. The summed E-state index contributed by atoms with van der Waals surface area (Å²) in [6.45, 7) is 0. The van der Waals surface area contributed by atoms with Crippen molar-refractivity contribution in [2.45, 2.75) is 51.0 Å². The summed E-state index contributed by atoms with van der Waals surface area (Å²) in [5.41, 5.74) is 3.18.